The van der Waals surface area contributed by atoms with E-state index in [1.165, 1.54) is 19.3 Å². The first-order chi connectivity index (χ1) is 12.2. The summed E-state index contributed by atoms with van der Waals surface area (Å²) in [4.78, 5) is 4.31. The largest absolute Gasteiger partial charge is 0.454 e. The predicted molar refractivity (Wildman–Crippen MR) is 114 cm³/mol. The summed E-state index contributed by atoms with van der Waals surface area (Å²) in [5.74, 6) is 2.11. The Morgan fingerprint density at radius 1 is 1.31 bits per heavy atom. The second kappa shape index (κ2) is 9.85. The molecule has 1 aliphatic heterocycles. The van der Waals surface area contributed by atoms with E-state index in [9.17, 15) is 0 Å². The molecule has 26 heavy (non-hydrogen) atoms. The van der Waals surface area contributed by atoms with E-state index in [-0.39, 0.29) is 30.8 Å². The van der Waals surface area contributed by atoms with Gasteiger partial charge in [-0.3, -0.25) is 4.99 Å². The van der Waals surface area contributed by atoms with Gasteiger partial charge in [0.15, 0.2) is 17.5 Å². The van der Waals surface area contributed by atoms with E-state index < -0.39 is 0 Å². The van der Waals surface area contributed by atoms with Crippen LogP contribution in [0.25, 0.3) is 0 Å². The molecule has 8 heteroatoms. The standard InChI is InChI=1S/C18H26ClN3O3.HI/c1-20-17(22-11-18(4-3-5-18)6-7-23-2)21-10-13-8-14(19)16-15(9-13)24-12-25-16;/h8-9H,3-7,10-12H2,1-2H3,(H2,20,21,22);1H. The summed E-state index contributed by atoms with van der Waals surface area (Å²) in [6, 6.07) is 3.84. The molecular formula is C18H27ClIN3O3. The fraction of sp³-hybridized carbons (Fsp3) is 0.611. The molecule has 0 aromatic heterocycles. The van der Waals surface area contributed by atoms with E-state index in [0.717, 1.165) is 31.1 Å². The lowest BCUT2D eigenvalue weighted by molar-refractivity contribution is 0.0732. The molecule has 0 atom stereocenters. The van der Waals surface area contributed by atoms with Crippen LogP contribution in [0.3, 0.4) is 0 Å². The molecule has 0 radical (unpaired) electrons. The lowest BCUT2D eigenvalue weighted by Crippen LogP contribution is -2.46. The van der Waals surface area contributed by atoms with Crippen LogP contribution in [0.5, 0.6) is 11.5 Å². The third kappa shape index (κ3) is 5.07. The van der Waals surface area contributed by atoms with Crippen molar-refractivity contribution in [2.24, 2.45) is 10.4 Å². The molecule has 0 amide bonds. The van der Waals surface area contributed by atoms with Crippen LogP contribution in [-0.4, -0.2) is 40.1 Å². The Morgan fingerprint density at radius 3 is 2.77 bits per heavy atom. The van der Waals surface area contributed by atoms with Crippen LogP contribution in [0, 0.1) is 5.41 Å². The number of ether oxygens (including phenoxy) is 3. The summed E-state index contributed by atoms with van der Waals surface area (Å²) < 4.78 is 16.0. The van der Waals surface area contributed by atoms with Gasteiger partial charge in [-0.15, -0.1) is 24.0 Å². The average molecular weight is 496 g/mol. The summed E-state index contributed by atoms with van der Waals surface area (Å²) in [6.07, 6.45) is 4.88. The molecule has 1 saturated carbocycles. The van der Waals surface area contributed by atoms with Gasteiger partial charge in [0, 0.05) is 33.9 Å². The number of halogens is 2. The van der Waals surface area contributed by atoms with Gasteiger partial charge in [0.2, 0.25) is 6.79 Å². The number of methoxy groups -OCH3 is 1. The van der Waals surface area contributed by atoms with E-state index in [2.05, 4.69) is 15.6 Å². The van der Waals surface area contributed by atoms with Crippen LogP contribution in [0.1, 0.15) is 31.2 Å². The first kappa shape index (κ1) is 21.4. The minimum absolute atomic E-state index is 0. The summed E-state index contributed by atoms with van der Waals surface area (Å²) in [5.41, 5.74) is 1.37. The molecule has 146 valence electrons. The summed E-state index contributed by atoms with van der Waals surface area (Å²) in [6.45, 7) is 2.56. The number of aliphatic imine (C=N–C) groups is 1. The van der Waals surface area contributed by atoms with Gasteiger partial charge < -0.3 is 24.8 Å². The molecule has 1 aromatic carbocycles. The Labute approximate surface area is 177 Å². The zero-order valence-electron chi connectivity index (χ0n) is 15.3. The van der Waals surface area contributed by atoms with E-state index in [4.69, 9.17) is 25.8 Å². The zero-order valence-corrected chi connectivity index (χ0v) is 18.4. The normalized spacial score (nSPS) is 17.3. The number of hydrogen-bond donors (Lipinski definition) is 2. The van der Waals surface area contributed by atoms with Crippen LogP contribution in [-0.2, 0) is 11.3 Å². The maximum atomic E-state index is 6.23. The number of nitrogens with zero attached hydrogens (tertiary/aromatic N) is 1. The number of nitrogens with one attached hydrogen (secondary N) is 2. The van der Waals surface area contributed by atoms with Crippen LogP contribution in [0.15, 0.2) is 17.1 Å². The Balaban J connectivity index is 0.00000243. The van der Waals surface area contributed by atoms with Crippen molar-refractivity contribution in [3.05, 3.63) is 22.7 Å². The van der Waals surface area contributed by atoms with Crippen LogP contribution >= 0.6 is 35.6 Å². The summed E-state index contributed by atoms with van der Waals surface area (Å²) in [7, 11) is 3.54. The molecule has 0 bridgehead atoms. The minimum Gasteiger partial charge on any atom is -0.454 e. The molecule has 2 N–H and O–H groups in total. The first-order valence-electron chi connectivity index (χ1n) is 8.67. The first-order valence-corrected chi connectivity index (χ1v) is 9.05. The minimum atomic E-state index is 0. The summed E-state index contributed by atoms with van der Waals surface area (Å²) >= 11 is 6.23. The molecule has 1 aromatic rings. The molecule has 3 rings (SSSR count). The molecule has 0 saturated heterocycles. The van der Waals surface area contributed by atoms with Crippen LogP contribution < -0.4 is 20.1 Å². The van der Waals surface area contributed by atoms with Crippen molar-refractivity contribution >= 4 is 41.5 Å². The maximum Gasteiger partial charge on any atom is 0.231 e. The monoisotopic (exact) mass is 495 g/mol. The van der Waals surface area contributed by atoms with E-state index in [0.29, 0.717) is 28.5 Å². The van der Waals surface area contributed by atoms with Crippen molar-refractivity contribution in [2.75, 3.05) is 34.1 Å². The van der Waals surface area contributed by atoms with Crippen molar-refractivity contribution in [3.63, 3.8) is 0 Å². The number of benzene rings is 1. The van der Waals surface area contributed by atoms with Crippen LogP contribution in [0.4, 0.5) is 0 Å². The number of guanidine groups is 1. The SMILES string of the molecule is CN=C(NCc1cc(Cl)c2c(c1)OCO2)NCC1(CCOC)CCC1.I. The van der Waals surface area contributed by atoms with Crippen molar-refractivity contribution in [1.29, 1.82) is 0 Å². The molecule has 0 unspecified atom stereocenters. The molecule has 1 aliphatic carbocycles. The van der Waals surface area contributed by atoms with E-state index in [1.807, 2.05) is 12.1 Å². The number of rotatable bonds is 7. The Kier molecular flexibility index (Phi) is 8.09. The summed E-state index contributed by atoms with van der Waals surface area (Å²) in [5, 5.41) is 7.36. The van der Waals surface area contributed by atoms with Gasteiger partial charge in [-0.05, 0) is 42.4 Å². The average Bonchev–Trinajstić information content (AvgIpc) is 3.05. The third-order valence-corrected chi connectivity index (χ3v) is 5.33. The fourth-order valence-electron chi connectivity index (χ4n) is 3.31. The topological polar surface area (TPSA) is 64.1 Å². The molecule has 0 spiro atoms. The van der Waals surface area contributed by atoms with E-state index >= 15 is 0 Å². The highest BCUT2D eigenvalue weighted by Gasteiger charge is 2.36. The predicted octanol–water partition coefficient (Wildman–Crippen LogP) is 3.56. The molecular weight excluding hydrogens is 469 g/mol. The molecule has 6 nitrogen and oxygen atoms in total. The smallest absolute Gasteiger partial charge is 0.231 e. The highest BCUT2D eigenvalue weighted by atomic mass is 127. The van der Waals surface area contributed by atoms with Gasteiger partial charge in [-0.2, -0.15) is 0 Å². The molecule has 2 aliphatic rings. The maximum absolute atomic E-state index is 6.23. The van der Waals surface area contributed by atoms with Gasteiger partial charge in [0.1, 0.15) is 0 Å². The third-order valence-electron chi connectivity index (χ3n) is 5.05. The number of hydrogen-bond acceptors (Lipinski definition) is 4. The van der Waals surface area contributed by atoms with Crippen molar-refractivity contribution in [3.8, 4) is 11.5 Å². The molecule has 1 heterocycles. The van der Waals surface area contributed by atoms with Gasteiger partial charge in [-0.25, -0.2) is 0 Å². The lowest BCUT2D eigenvalue weighted by atomic mass is 9.67. The van der Waals surface area contributed by atoms with Gasteiger partial charge in [0.25, 0.3) is 0 Å². The highest BCUT2D eigenvalue weighted by molar-refractivity contribution is 14.0. The van der Waals surface area contributed by atoms with Crippen molar-refractivity contribution < 1.29 is 14.2 Å². The second-order valence-corrected chi connectivity index (χ2v) is 7.09. The lowest BCUT2D eigenvalue weighted by Gasteiger charge is -2.42. The van der Waals surface area contributed by atoms with Crippen LogP contribution in [0.2, 0.25) is 5.02 Å². The van der Waals surface area contributed by atoms with Crippen molar-refractivity contribution in [1.82, 2.24) is 10.6 Å². The van der Waals surface area contributed by atoms with Gasteiger partial charge >= 0.3 is 0 Å². The van der Waals surface area contributed by atoms with Crippen molar-refractivity contribution in [2.45, 2.75) is 32.2 Å². The Hall–Kier alpha value is -0.930. The van der Waals surface area contributed by atoms with Gasteiger partial charge in [0.05, 0.1) is 5.02 Å². The van der Waals surface area contributed by atoms with E-state index in [1.54, 1.807) is 14.2 Å². The zero-order chi connectivity index (χ0) is 17.7. The second-order valence-electron chi connectivity index (χ2n) is 6.69. The molecule has 1 fully saturated rings. The fourth-order valence-corrected chi connectivity index (χ4v) is 3.60. The Morgan fingerprint density at radius 2 is 2.12 bits per heavy atom. The quantitative estimate of drug-likeness (QED) is 0.344. The Bertz CT molecular complexity index is 638. The highest BCUT2D eigenvalue weighted by Crippen LogP contribution is 2.43. The number of fused-ring (bicyclic) bond motifs is 1. The van der Waals surface area contributed by atoms with Gasteiger partial charge in [-0.1, -0.05) is 18.0 Å².